The van der Waals surface area contributed by atoms with Gasteiger partial charge in [-0.05, 0) is 74.6 Å². The Morgan fingerprint density at radius 3 is 2.53 bits per heavy atom. The molecule has 0 atom stereocenters. The van der Waals surface area contributed by atoms with Crippen LogP contribution in [0.25, 0.3) is 11.0 Å². The molecule has 2 aliphatic rings. The molecule has 0 aliphatic carbocycles. The second-order valence-corrected chi connectivity index (χ2v) is 9.91. The Bertz CT molecular complexity index is 1600. The minimum Gasteiger partial charge on any atom is -0.497 e. The second-order valence-electron chi connectivity index (χ2n) is 9.91. The van der Waals surface area contributed by atoms with Crippen molar-refractivity contribution in [2.24, 2.45) is 4.99 Å². The van der Waals surface area contributed by atoms with Gasteiger partial charge in [0.1, 0.15) is 28.3 Å². The summed E-state index contributed by atoms with van der Waals surface area (Å²) in [5, 5.41) is 3.94. The van der Waals surface area contributed by atoms with Crippen LogP contribution in [0.1, 0.15) is 39.9 Å². The Balaban J connectivity index is 1.56. The molecule has 194 valence electrons. The lowest BCUT2D eigenvalue weighted by Gasteiger charge is -2.37. The molecule has 3 heterocycles. The van der Waals surface area contributed by atoms with E-state index in [1.54, 1.807) is 26.4 Å². The SMILES string of the molecule is COc1ccc(N=c2oc3c4c5c(cc3cc2C(=O)Nc2ccc(C)cc2)CCCN5CCC4)c(OC)c1. The summed E-state index contributed by atoms with van der Waals surface area (Å²) < 4.78 is 17.5. The van der Waals surface area contributed by atoms with Crippen LogP contribution >= 0.6 is 0 Å². The minimum absolute atomic E-state index is 0.245. The number of carbonyl (C=O) groups excluding carboxylic acids is 1. The second kappa shape index (κ2) is 9.89. The Kier molecular flexibility index (Phi) is 6.27. The number of amides is 1. The van der Waals surface area contributed by atoms with Gasteiger partial charge in [-0.1, -0.05) is 17.7 Å². The number of methoxy groups -OCH3 is 2. The zero-order valence-electron chi connectivity index (χ0n) is 22.0. The van der Waals surface area contributed by atoms with Gasteiger partial charge in [0.25, 0.3) is 5.91 Å². The molecule has 6 rings (SSSR count). The van der Waals surface area contributed by atoms with Gasteiger partial charge in [0.2, 0.25) is 5.55 Å². The highest BCUT2D eigenvalue weighted by Crippen LogP contribution is 2.40. The summed E-state index contributed by atoms with van der Waals surface area (Å²) in [6.07, 6.45) is 4.20. The summed E-state index contributed by atoms with van der Waals surface area (Å²) in [7, 11) is 3.19. The van der Waals surface area contributed by atoms with Gasteiger partial charge in [-0.15, -0.1) is 0 Å². The summed E-state index contributed by atoms with van der Waals surface area (Å²) in [4.78, 5) is 20.9. The molecular weight excluding hydrogens is 478 g/mol. The van der Waals surface area contributed by atoms with Crippen molar-refractivity contribution in [1.82, 2.24) is 0 Å². The highest BCUT2D eigenvalue weighted by atomic mass is 16.5. The van der Waals surface area contributed by atoms with Gasteiger partial charge in [-0.25, -0.2) is 4.99 Å². The summed E-state index contributed by atoms with van der Waals surface area (Å²) in [5.74, 6) is 0.908. The van der Waals surface area contributed by atoms with E-state index in [2.05, 4.69) is 16.3 Å². The number of nitrogens with one attached hydrogen (secondary N) is 1. The number of rotatable bonds is 5. The lowest BCUT2D eigenvalue weighted by molar-refractivity contribution is 0.102. The standard InChI is InChI=1S/C31H31N3O4/c1-19-8-10-22(11-9-19)32-30(35)25-17-21-16-20-6-4-14-34-15-5-7-24(28(20)34)29(21)38-31(25)33-26-13-12-23(36-2)18-27(26)37-3/h8-13,16-18H,4-7,14-15H2,1-3H3,(H,32,35). The van der Waals surface area contributed by atoms with Crippen LogP contribution in [0.15, 0.2) is 64.0 Å². The van der Waals surface area contributed by atoms with Crippen LogP contribution in [0, 0.1) is 6.92 Å². The number of benzene rings is 3. The van der Waals surface area contributed by atoms with E-state index in [0.29, 0.717) is 28.4 Å². The smallest absolute Gasteiger partial charge is 0.261 e. The van der Waals surface area contributed by atoms with E-state index < -0.39 is 0 Å². The third kappa shape index (κ3) is 4.38. The molecule has 4 aromatic rings. The van der Waals surface area contributed by atoms with E-state index in [4.69, 9.17) is 18.9 Å². The number of hydrogen-bond donors (Lipinski definition) is 1. The van der Waals surface area contributed by atoms with Gasteiger partial charge in [-0.2, -0.15) is 0 Å². The Morgan fingerprint density at radius 2 is 1.76 bits per heavy atom. The molecule has 0 bridgehead atoms. The first-order valence-corrected chi connectivity index (χ1v) is 13.1. The van der Waals surface area contributed by atoms with Crippen molar-refractivity contribution in [3.63, 3.8) is 0 Å². The molecule has 38 heavy (non-hydrogen) atoms. The average Bonchev–Trinajstić information content (AvgIpc) is 2.94. The number of anilines is 2. The first-order valence-electron chi connectivity index (χ1n) is 13.1. The van der Waals surface area contributed by atoms with E-state index in [1.165, 1.54) is 16.8 Å². The Labute approximate surface area is 221 Å². The molecule has 0 spiro atoms. The van der Waals surface area contributed by atoms with Crippen LogP contribution in [0.5, 0.6) is 11.5 Å². The van der Waals surface area contributed by atoms with Gasteiger partial charge in [0, 0.05) is 41.5 Å². The number of aryl methyl sites for hydroxylation is 3. The van der Waals surface area contributed by atoms with E-state index in [0.717, 1.165) is 55.3 Å². The highest BCUT2D eigenvalue weighted by molar-refractivity contribution is 6.06. The number of hydrogen-bond acceptors (Lipinski definition) is 6. The third-order valence-electron chi connectivity index (χ3n) is 7.39. The molecule has 7 heteroatoms. The van der Waals surface area contributed by atoms with Crippen molar-refractivity contribution in [3.05, 3.63) is 82.4 Å². The van der Waals surface area contributed by atoms with Gasteiger partial charge in [0.05, 0.1) is 14.2 Å². The van der Waals surface area contributed by atoms with E-state index in [-0.39, 0.29) is 11.5 Å². The molecule has 1 aromatic heterocycles. The van der Waals surface area contributed by atoms with E-state index in [9.17, 15) is 4.79 Å². The van der Waals surface area contributed by atoms with Crippen molar-refractivity contribution in [2.45, 2.75) is 32.6 Å². The Morgan fingerprint density at radius 1 is 0.974 bits per heavy atom. The van der Waals surface area contributed by atoms with Gasteiger partial charge in [0.15, 0.2) is 0 Å². The van der Waals surface area contributed by atoms with E-state index >= 15 is 0 Å². The molecule has 3 aromatic carbocycles. The molecule has 0 radical (unpaired) electrons. The first-order chi connectivity index (χ1) is 18.5. The minimum atomic E-state index is -0.279. The van der Waals surface area contributed by atoms with Crippen molar-refractivity contribution in [3.8, 4) is 11.5 Å². The van der Waals surface area contributed by atoms with Gasteiger partial charge in [-0.3, -0.25) is 4.79 Å². The van der Waals surface area contributed by atoms with Crippen molar-refractivity contribution in [2.75, 3.05) is 37.5 Å². The molecule has 2 aliphatic heterocycles. The van der Waals surface area contributed by atoms with Crippen LogP contribution < -0.4 is 25.2 Å². The van der Waals surface area contributed by atoms with Crippen molar-refractivity contribution in [1.29, 1.82) is 0 Å². The first kappa shape index (κ1) is 24.1. The summed E-state index contributed by atoms with van der Waals surface area (Å²) in [5.41, 5.74) is 7.66. The van der Waals surface area contributed by atoms with Gasteiger partial charge < -0.3 is 24.1 Å². The topological polar surface area (TPSA) is 76.3 Å². The molecule has 0 unspecified atom stereocenters. The fraction of sp³-hybridized carbons (Fsp3) is 0.290. The maximum atomic E-state index is 13.6. The normalized spacial score (nSPS) is 14.8. The molecule has 0 fully saturated rings. The fourth-order valence-electron chi connectivity index (χ4n) is 5.52. The van der Waals surface area contributed by atoms with Gasteiger partial charge >= 0.3 is 0 Å². The van der Waals surface area contributed by atoms with Crippen molar-refractivity contribution < 1.29 is 18.7 Å². The average molecular weight is 510 g/mol. The monoisotopic (exact) mass is 509 g/mol. The summed E-state index contributed by atoms with van der Waals surface area (Å²) in [6.45, 7) is 4.16. The maximum absolute atomic E-state index is 13.6. The molecule has 0 saturated heterocycles. The molecule has 1 N–H and O–H groups in total. The summed E-state index contributed by atoms with van der Waals surface area (Å²) in [6, 6.07) is 17.2. The zero-order valence-corrected chi connectivity index (χ0v) is 22.0. The van der Waals surface area contributed by atoms with Crippen molar-refractivity contribution >= 4 is 33.9 Å². The predicted molar refractivity (Wildman–Crippen MR) is 149 cm³/mol. The van der Waals surface area contributed by atoms with Crippen LogP contribution in [0.2, 0.25) is 0 Å². The molecule has 1 amide bonds. The number of carbonyl (C=O) groups is 1. The molecular formula is C31H31N3O4. The van der Waals surface area contributed by atoms with Crippen LogP contribution in [-0.4, -0.2) is 33.2 Å². The third-order valence-corrected chi connectivity index (χ3v) is 7.39. The van der Waals surface area contributed by atoms with E-state index in [1.807, 2.05) is 43.3 Å². The predicted octanol–water partition coefficient (Wildman–Crippen LogP) is 5.94. The quantitative estimate of drug-likeness (QED) is 0.360. The Hall–Kier alpha value is -4.26. The zero-order chi connectivity index (χ0) is 26.2. The molecule has 7 nitrogen and oxygen atoms in total. The maximum Gasteiger partial charge on any atom is 0.261 e. The summed E-state index contributed by atoms with van der Waals surface area (Å²) >= 11 is 0. The lowest BCUT2D eigenvalue weighted by atomic mass is 9.90. The highest BCUT2D eigenvalue weighted by Gasteiger charge is 2.27. The fourth-order valence-corrected chi connectivity index (χ4v) is 5.52. The number of fused-ring (bicyclic) bond motifs is 2. The van der Waals surface area contributed by atoms with Crippen LogP contribution in [0.3, 0.4) is 0 Å². The van der Waals surface area contributed by atoms with Crippen LogP contribution in [-0.2, 0) is 12.8 Å². The lowest BCUT2D eigenvalue weighted by Crippen LogP contribution is -2.34. The molecule has 0 saturated carbocycles. The number of ether oxygens (including phenoxy) is 2. The van der Waals surface area contributed by atoms with Crippen LogP contribution in [0.4, 0.5) is 17.1 Å². The number of nitrogens with zero attached hydrogens (tertiary/aromatic N) is 2. The largest absolute Gasteiger partial charge is 0.497 e.